The van der Waals surface area contributed by atoms with Crippen LogP contribution >= 0.6 is 24.0 Å². The quantitative estimate of drug-likeness (QED) is 0.192. The highest BCUT2D eigenvalue weighted by Crippen LogP contribution is 2.42. The maximum absolute atomic E-state index is 13.0. The van der Waals surface area contributed by atoms with E-state index >= 15 is 0 Å². The van der Waals surface area contributed by atoms with Crippen LogP contribution in [0.4, 0.5) is 5.69 Å². The number of methoxy groups -OCH3 is 1. The predicted molar refractivity (Wildman–Crippen MR) is 126 cm³/mol. The van der Waals surface area contributed by atoms with Crippen molar-refractivity contribution in [2.75, 3.05) is 20.2 Å². The fourth-order valence-corrected chi connectivity index (χ4v) is 5.28. The van der Waals surface area contributed by atoms with E-state index in [9.17, 15) is 18.5 Å². The van der Waals surface area contributed by atoms with Crippen LogP contribution in [0.15, 0.2) is 35.2 Å². The average Bonchev–Trinajstić information content (AvgIpc) is 2.73. The summed E-state index contributed by atoms with van der Waals surface area (Å²) in [6.45, 7) is 2.98. The first-order valence-corrected chi connectivity index (χ1v) is 11.5. The number of nitrogens with zero attached hydrogens (tertiary/aromatic N) is 2. The highest BCUT2D eigenvalue weighted by atomic mass is 35.5. The Hall–Kier alpha value is -2.76. The lowest BCUT2D eigenvalue weighted by atomic mass is 9.88. The molecule has 3 N–H and O–H groups in total. The molecule has 0 saturated carbocycles. The minimum Gasteiger partial charge on any atom is -0.492 e. The monoisotopic (exact) mass is 518 g/mol. The van der Waals surface area contributed by atoms with Crippen molar-refractivity contribution in [3.8, 4) is 11.5 Å². The van der Waals surface area contributed by atoms with Gasteiger partial charge in [-0.05, 0) is 43.4 Å². The number of ether oxygens (including phenoxy) is 1. The molecule has 0 unspecified atom stereocenters. The second-order valence-corrected chi connectivity index (χ2v) is 9.31. The molecule has 1 saturated heterocycles. The SMILES string of the molecule is COc1c(OS(=O)(=O)c2cccc([N+](=O)[O-])c2Cl)cc(C)cc1C1CCN(C(=N)N)CC1.Cl. The summed E-state index contributed by atoms with van der Waals surface area (Å²) in [6.07, 6.45) is 1.39. The molecular weight excluding hydrogens is 495 g/mol. The number of hydrogen-bond acceptors (Lipinski definition) is 7. The molecule has 0 bridgehead atoms. The van der Waals surface area contributed by atoms with Crippen LogP contribution in [0, 0.1) is 22.4 Å². The molecule has 0 amide bonds. The Morgan fingerprint density at radius 2 is 1.94 bits per heavy atom. The largest absolute Gasteiger partial charge is 0.492 e. The first kappa shape index (κ1) is 26.5. The molecule has 2 aromatic carbocycles. The van der Waals surface area contributed by atoms with E-state index in [1.165, 1.54) is 19.2 Å². The van der Waals surface area contributed by atoms with Gasteiger partial charge in [0.2, 0.25) is 0 Å². The van der Waals surface area contributed by atoms with E-state index in [0.29, 0.717) is 25.9 Å². The van der Waals surface area contributed by atoms with Crippen molar-refractivity contribution < 1.29 is 22.3 Å². The summed E-state index contributed by atoms with van der Waals surface area (Å²) in [5, 5.41) is 18.2. The molecule has 0 spiro atoms. The van der Waals surface area contributed by atoms with Crippen LogP contribution in [0.1, 0.15) is 29.9 Å². The lowest BCUT2D eigenvalue weighted by molar-refractivity contribution is -0.384. The first-order valence-electron chi connectivity index (χ1n) is 9.70. The number of guanidine groups is 1. The van der Waals surface area contributed by atoms with E-state index in [1.807, 2.05) is 6.07 Å². The molecule has 0 aromatic heterocycles. The van der Waals surface area contributed by atoms with Gasteiger partial charge in [-0.3, -0.25) is 15.5 Å². The van der Waals surface area contributed by atoms with Gasteiger partial charge >= 0.3 is 10.1 Å². The van der Waals surface area contributed by atoms with E-state index in [0.717, 1.165) is 23.3 Å². The molecule has 0 atom stereocenters. The smallest absolute Gasteiger partial charge is 0.341 e. The Kier molecular flexibility index (Phi) is 8.39. The van der Waals surface area contributed by atoms with Gasteiger partial charge in [0.25, 0.3) is 5.69 Å². The number of halogens is 2. The van der Waals surface area contributed by atoms with Crippen LogP contribution in [-0.4, -0.2) is 44.4 Å². The number of nitrogens with two attached hydrogens (primary N) is 1. The summed E-state index contributed by atoms with van der Waals surface area (Å²) in [4.78, 5) is 11.6. The van der Waals surface area contributed by atoms with Gasteiger partial charge in [-0.15, -0.1) is 12.4 Å². The summed E-state index contributed by atoms with van der Waals surface area (Å²) < 4.78 is 36.8. The number of nitro benzene ring substituents is 1. The van der Waals surface area contributed by atoms with Gasteiger partial charge in [-0.2, -0.15) is 8.42 Å². The first-order chi connectivity index (χ1) is 15.0. The number of nitro groups is 1. The summed E-state index contributed by atoms with van der Waals surface area (Å²) >= 11 is 5.99. The molecule has 1 aliphatic heterocycles. The fraction of sp³-hybridized carbons (Fsp3) is 0.350. The Morgan fingerprint density at radius 1 is 1.30 bits per heavy atom. The molecule has 1 heterocycles. The number of hydrogen-bond donors (Lipinski definition) is 2. The lowest BCUT2D eigenvalue weighted by Gasteiger charge is -2.33. The summed E-state index contributed by atoms with van der Waals surface area (Å²) in [5.74, 6) is 0.302. The Bertz CT molecular complexity index is 1170. The van der Waals surface area contributed by atoms with Gasteiger partial charge in [0.15, 0.2) is 17.5 Å². The van der Waals surface area contributed by atoms with Crippen molar-refractivity contribution in [1.82, 2.24) is 4.90 Å². The van der Waals surface area contributed by atoms with Gasteiger partial charge in [-0.25, -0.2) is 0 Å². The zero-order valence-corrected chi connectivity index (χ0v) is 20.3. The third kappa shape index (κ3) is 5.60. The number of aryl methyl sites for hydroxylation is 1. The maximum Gasteiger partial charge on any atom is 0.341 e. The summed E-state index contributed by atoms with van der Waals surface area (Å²) in [7, 11) is -3.07. The molecular formula is C20H24Cl2N4O6S. The van der Waals surface area contributed by atoms with Gasteiger partial charge in [0, 0.05) is 24.7 Å². The molecule has 0 aliphatic carbocycles. The van der Waals surface area contributed by atoms with Crippen LogP contribution in [-0.2, 0) is 10.1 Å². The van der Waals surface area contributed by atoms with E-state index in [4.69, 9.17) is 31.7 Å². The molecule has 13 heteroatoms. The maximum atomic E-state index is 13.0. The fourth-order valence-electron chi connectivity index (χ4n) is 3.78. The van der Waals surface area contributed by atoms with E-state index in [1.54, 1.807) is 11.8 Å². The van der Waals surface area contributed by atoms with Crippen molar-refractivity contribution >= 4 is 45.8 Å². The number of piperidine rings is 1. The van der Waals surface area contributed by atoms with Crippen molar-refractivity contribution in [3.05, 3.63) is 56.6 Å². The second-order valence-electron chi connectivity index (χ2n) is 7.42. The van der Waals surface area contributed by atoms with E-state index in [2.05, 4.69) is 0 Å². The minimum absolute atomic E-state index is 0. The summed E-state index contributed by atoms with van der Waals surface area (Å²) in [5.41, 5.74) is 6.57. The van der Waals surface area contributed by atoms with Gasteiger partial charge in [0.05, 0.1) is 12.0 Å². The lowest BCUT2D eigenvalue weighted by Crippen LogP contribution is -2.41. The van der Waals surface area contributed by atoms with Gasteiger partial charge in [-0.1, -0.05) is 23.7 Å². The normalized spacial score (nSPS) is 14.3. The molecule has 180 valence electrons. The molecule has 2 aromatic rings. The molecule has 0 radical (unpaired) electrons. The minimum atomic E-state index is -4.49. The van der Waals surface area contributed by atoms with Crippen LogP contribution in [0.2, 0.25) is 5.02 Å². The number of rotatable bonds is 6. The van der Waals surface area contributed by atoms with E-state index < -0.39 is 30.6 Å². The molecule has 10 nitrogen and oxygen atoms in total. The third-order valence-corrected chi connectivity index (χ3v) is 7.10. The topological polar surface area (TPSA) is 149 Å². The summed E-state index contributed by atoms with van der Waals surface area (Å²) in [6, 6.07) is 6.91. The van der Waals surface area contributed by atoms with Gasteiger partial charge in [0.1, 0.15) is 9.92 Å². The van der Waals surface area contributed by atoms with Crippen LogP contribution in [0.3, 0.4) is 0 Å². The Morgan fingerprint density at radius 3 is 2.48 bits per heavy atom. The van der Waals surface area contributed by atoms with Crippen LogP contribution in [0.25, 0.3) is 0 Å². The van der Waals surface area contributed by atoms with Crippen molar-refractivity contribution in [3.63, 3.8) is 0 Å². The predicted octanol–water partition coefficient (Wildman–Crippen LogP) is 3.83. The molecule has 1 aliphatic rings. The zero-order chi connectivity index (χ0) is 23.6. The zero-order valence-electron chi connectivity index (χ0n) is 17.9. The third-order valence-electron chi connectivity index (χ3n) is 5.32. The molecule has 1 fully saturated rings. The number of likely N-dealkylation sites (tertiary alicyclic amines) is 1. The molecule has 3 rings (SSSR count). The standard InChI is InChI=1S/C20H23ClN4O6S.ClH/c1-12-10-14(13-6-8-24(9-7-13)20(22)23)19(30-2)16(11-12)31-32(28,29)17-5-3-4-15(18(17)21)25(26)27;/h3-5,10-11,13H,6-9H2,1-2H3,(H3,22,23);1H. The Labute approximate surface area is 202 Å². The second kappa shape index (κ2) is 10.4. The van der Waals surface area contributed by atoms with Crippen LogP contribution < -0.4 is 14.7 Å². The van der Waals surface area contributed by atoms with Crippen molar-refractivity contribution in [1.29, 1.82) is 5.41 Å². The number of nitrogens with one attached hydrogen (secondary N) is 1. The highest BCUT2D eigenvalue weighted by Gasteiger charge is 2.30. The molecule has 33 heavy (non-hydrogen) atoms. The van der Waals surface area contributed by atoms with Crippen LogP contribution in [0.5, 0.6) is 11.5 Å². The Balaban J connectivity index is 0.00000385. The van der Waals surface area contributed by atoms with E-state index in [-0.39, 0.29) is 35.8 Å². The average molecular weight is 519 g/mol. The highest BCUT2D eigenvalue weighted by molar-refractivity contribution is 7.87. The van der Waals surface area contributed by atoms with Crippen molar-refractivity contribution in [2.24, 2.45) is 5.73 Å². The van der Waals surface area contributed by atoms with Gasteiger partial charge < -0.3 is 19.6 Å². The number of benzene rings is 2. The van der Waals surface area contributed by atoms with Crippen molar-refractivity contribution in [2.45, 2.75) is 30.6 Å².